The molecule has 0 aliphatic carbocycles. The molecule has 108 valence electrons. The molecule has 21 heavy (non-hydrogen) atoms. The Kier molecular flexibility index (Phi) is 3.09. The van der Waals surface area contributed by atoms with Crippen LogP contribution in [0.5, 0.6) is 11.5 Å². The summed E-state index contributed by atoms with van der Waals surface area (Å²) in [6.07, 6.45) is 0.825. The molecule has 0 aliphatic heterocycles. The maximum absolute atomic E-state index is 11.4. The second kappa shape index (κ2) is 4.81. The van der Waals surface area contributed by atoms with Crippen molar-refractivity contribution in [2.24, 2.45) is 0 Å². The quantitative estimate of drug-likeness (QED) is 0.681. The van der Waals surface area contributed by atoms with Crippen molar-refractivity contribution >= 4 is 28.2 Å². The van der Waals surface area contributed by atoms with Crippen LogP contribution in [0.15, 0.2) is 22.6 Å². The molecule has 3 rings (SSSR count). The molecule has 4 nitrogen and oxygen atoms in total. The van der Waals surface area contributed by atoms with Crippen LogP contribution in [0.1, 0.15) is 21.5 Å². The highest BCUT2D eigenvalue weighted by molar-refractivity contribution is 6.14. The van der Waals surface area contributed by atoms with Gasteiger partial charge in [0.15, 0.2) is 6.29 Å². The number of methoxy groups -OCH3 is 2. The van der Waals surface area contributed by atoms with Crippen LogP contribution in [0.25, 0.3) is 21.9 Å². The van der Waals surface area contributed by atoms with Crippen LogP contribution in [-0.4, -0.2) is 20.5 Å². The van der Waals surface area contributed by atoms with Gasteiger partial charge in [-0.1, -0.05) is 0 Å². The van der Waals surface area contributed by atoms with E-state index in [9.17, 15) is 4.79 Å². The first-order chi connectivity index (χ1) is 10.1. The molecule has 0 saturated heterocycles. The molecule has 1 aromatic heterocycles. The molecule has 4 heteroatoms. The van der Waals surface area contributed by atoms with Gasteiger partial charge in [0.05, 0.1) is 25.2 Å². The number of fused-ring (bicyclic) bond motifs is 3. The number of aryl methyl sites for hydroxylation is 2. The fourth-order valence-corrected chi connectivity index (χ4v) is 2.77. The van der Waals surface area contributed by atoms with Crippen molar-refractivity contribution in [3.05, 3.63) is 34.9 Å². The number of furan rings is 1. The van der Waals surface area contributed by atoms with Crippen molar-refractivity contribution in [3.8, 4) is 11.5 Å². The minimum absolute atomic E-state index is 0.556. The van der Waals surface area contributed by atoms with Crippen LogP contribution < -0.4 is 9.47 Å². The lowest BCUT2D eigenvalue weighted by Gasteiger charge is -2.07. The van der Waals surface area contributed by atoms with Crippen LogP contribution in [0.4, 0.5) is 0 Å². The maximum Gasteiger partial charge on any atom is 0.154 e. The maximum atomic E-state index is 11.4. The Bertz CT molecular complexity index is 858. The first kappa shape index (κ1) is 13.5. The highest BCUT2D eigenvalue weighted by Crippen LogP contribution is 2.41. The fourth-order valence-electron chi connectivity index (χ4n) is 2.77. The minimum atomic E-state index is 0.556. The SMILES string of the molecule is COc1cc(C)c2c(c1)oc1c(C=O)c(C)cc(OC)c12. The van der Waals surface area contributed by atoms with Crippen molar-refractivity contribution in [1.29, 1.82) is 0 Å². The predicted molar refractivity (Wildman–Crippen MR) is 81.7 cm³/mol. The number of carbonyl (C=O) groups excluding carboxylic acids is 1. The normalized spacial score (nSPS) is 11.0. The number of hydrogen-bond acceptors (Lipinski definition) is 4. The molecule has 0 aliphatic rings. The molecule has 0 atom stereocenters. The van der Waals surface area contributed by atoms with Gasteiger partial charge in [-0.25, -0.2) is 0 Å². The summed E-state index contributed by atoms with van der Waals surface area (Å²) in [5.74, 6) is 1.43. The summed E-state index contributed by atoms with van der Waals surface area (Å²) in [4.78, 5) is 11.4. The van der Waals surface area contributed by atoms with E-state index in [0.717, 1.165) is 33.9 Å². The van der Waals surface area contributed by atoms with E-state index in [2.05, 4.69) is 0 Å². The van der Waals surface area contributed by atoms with E-state index in [0.29, 0.717) is 22.5 Å². The Morgan fingerprint density at radius 3 is 2.38 bits per heavy atom. The average molecular weight is 284 g/mol. The van der Waals surface area contributed by atoms with E-state index < -0.39 is 0 Å². The lowest BCUT2D eigenvalue weighted by Crippen LogP contribution is -1.92. The summed E-state index contributed by atoms with van der Waals surface area (Å²) < 4.78 is 16.7. The van der Waals surface area contributed by atoms with Gasteiger partial charge in [0.1, 0.15) is 22.7 Å². The van der Waals surface area contributed by atoms with Gasteiger partial charge in [-0.3, -0.25) is 4.79 Å². The molecule has 0 radical (unpaired) electrons. The highest BCUT2D eigenvalue weighted by atomic mass is 16.5. The van der Waals surface area contributed by atoms with Gasteiger partial charge in [-0.05, 0) is 37.1 Å². The third-order valence-corrected chi connectivity index (χ3v) is 3.80. The monoisotopic (exact) mass is 284 g/mol. The Morgan fingerprint density at radius 2 is 1.76 bits per heavy atom. The molecule has 0 saturated carbocycles. The molecule has 0 spiro atoms. The Labute approximate surface area is 122 Å². The van der Waals surface area contributed by atoms with Gasteiger partial charge in [-0.2, -0.15) is 0 Å². The Balaban J connectivity index is 2.57. The lowest BCUT2D eigenvalue weighted by molar-refractivity contribution is 0.112. The number of ether oxygens (including phenoxy) is 2. The molecular weight excluding hydrogens is 268 g/mol. The van der Waals surface area contributed by atoms with E-state index in [-0.39, 0.29) is 0 Å². The topological polar surface area (TPSA) is 48.7 Å². The first-order valence-corrected chi connectivity index (χ1v) is 6.64. The summed E-state index contributed by atoms with van der Waals surface area (Å²) in [6, 6.07) is 5.63. The highest BCUT2D eigenvalue weighted by Gasteiger charge is 2.19. The number of aldehydes is 1. The molecule has 0 bridgehead atoms. The second-order valence-corrected chi connectivity index (χ2v) is 5.05. The van der Waals surface area contributed by atoms with Gasteiger partial charge >= 0.3 is 0 Å². The van der Waals surface area contributed by atoms with E-state index in [1.54, 1.807) is 14.2 Å². The molecule has 0 fully saturated rings. The Morgan fingerprint density at radius 1 is 1.00 bits per heavy atom. The van der Waals surface area contributed by atoms with E-state index in [1.807, 2.05) is 32.0 Å². The molecule has 3 aromatic rings. The minimum Gasteiger partial charge on any atom is -0.497 e. The van der Waals surface area contributed by atoms with Crippen LogP contribution in [0.2, 0.25) is 0 Å². The summed E-state index contributed by atoms with van der Waals surface area (Å²) in [6.45, 7) is 3.85. The second-order valence-electron chi connectivity index (χ2n) is 5.05. The summed E-state index contributed by atoms with van der Waals surface area (Å²) in [5.41, 5.74) is 3.66. The van der Waals surface area contributed by atoms with Crippen molar-refractivity contribution in [2.45, 2.75) is 13.8 Å². The average Bonchev–Trinajstić information content (AvgIpc) is 2.85. The molecule has 0 amide bonds. The zero-order valence-electron chi connectivity index (χ0n) is 12.4. The largest absolute Gasteiger partial charge is 0.497 e. The number of rotatable bonds is 3. The molecule has 1 heterocycles. The number of carbonyl (C=O) groups is 1. The van der Waals surface area contributed by atoms with Gasteiger partial charge in [0.2, 0.25) is 0 Å². The van der Waals surface area contributed by atoms with Crippen molar-refractivity contribution < 1.29 is 18.7 Å². The zero-order valence-corrected chi connectivity index (χ0v) is 12.4. The van der Waals surface area contributed by atoms with E-state index in [1.165, 1.54) is 0 Å². The zero-order chi connectivity index (χ0) is 15.1. The number of hydrogen-bond donors (Lipinski definition) is 0. The van der Waals surface area contributed by atoms with Crippen LogP contribution >= 0.6 is 0 Å². The standard InChI is InChI=1S/C17H16O4/c1-9-6-13(20-4)16-15-10(2)5-11(19-3)7-14(15)21-17(16)12(9)8-18/h5-8H,1-4H3. The molecular formula is C17H16O4. The van der Waals surface area contributed by atoms with Gasteiger partial charge in [-0.15, -0.1) is 0 Å². The van der Waals surface area contributed by atoms with Gasteiger partial charge in [0.25, 0.3) is 0 Å². The van der Waals surface area contributed by atoms with Crippen LogP contribution in [-0.2, 0) is 0 Å². The third-order valence-electron chi connectivity index (χ3n) is 3.80. The van der Waals surface area contributed by atoms with Gasteiger partial charge in [0, 0.05) is 11.5 Å². The van der Waals surface area contributed by atoms with E-state index >= 15 is 0 Å². The summed E-state index contributed by atoms with van der Waals surface area (Å²) in [5, 5.41) is 1.78. The van der Waals surface area contributed by atoms with Crippen molar-refractivity contribution in [2.75, 3.05) is 14.2 Å². The van der Waals surface area contributed by atoms with Crippen LogP contribution in [0, 0.1) is 13.8 Å². The third kappa shape index (κ3) is 1.87. The van der Waals surface area contributed by atoms with Crippen molar-refractivity contribution in [1.82, 2.24) is 0 Å². The van der Waals surface area contributed by atoms with Crippen LogP contribution in [0.3, 0.4) is 0 Å². The fraction of sp³-hybridized carbons (Fsp3) is 0.235. The Hall–Kier alpha value is -2.49. The first-order valence-electron chi connectivity index (χ1n) is 6.64. The number of benzene rings is 2. The summed E-state index contributed by atoms with van der Waals surface area (Å²) >= 11 is 0. The lowest BCUT2D eigenvalue weighted by atomic mass is 10.0. The van der Waals surface area contributed by atoms with Crippen molar-refractivity contribution in [3.63, 3.8) is 0 Å². The molecule has 0 unspecified atom stereocenters. The summed E-state index contributed by atoms with van der Waals surface area (Å²) in [7, 11) is 3.23. The smallest absolute Gasteiger partial charge is 0.154 e. The molecule has 0 N–H and O–H groups in total. The predicted octanol–water partition coefficient (Wildman–Crippen LogP) is 4.03. The van der Waals surface area contributed by atoms with Gasteiger partial charge < -0.3 is 13.9 Å². The van der Waals surface area contributed by atoms with E-state index in [4.69, 9.17) is 13.9 Å². The molecule has 2 aromatic carbocycles.